The lowest BCUT2D eigenvalue weighted by Gasteiger charge is -2.31. The molecular weight excluding hydrogens is 419 g/mol. The van der Waals surface area contributed by atoms with Crippen molar-refractivity contribution in [1.29, 1.82) is 0 Å². The van der Waals surface area contributed by atoms with Gasteiger partial charge in [-0.25, -0.2) is 18.7 Å². The standard InChI is InChI=1S/C18H18ClF5N4O/c1-9(2)17(29)28(8-18(22,23)24)10-3-4-27(7-10)16-15(19)25-13-5-11(20)12(21)6-14(13)26-16/h5-6,9-10H,3-4,7-8H2,1-2H3/t10-/m0/s1. The topological polar surface area (TPSA) is 49.3 Å². The highest BCUT2D eigenvalue weighted by Crippen LogP contribution is 2.31. The summed E-state index contributed by atoms with van der Waals surface area (Å²) in [4.78, 5) is 23.0. The molecule has 0 N–H and O–H groups in total. The Morgan fingerprint density at radius 2 is 1.83 bits per heavy atom. The molecule has 1 atom stereocenters. The van der Waals surface area contributed by atoms with Gasteiger partial charge in [-0.05, 0) is 6.42 Å². The summed E-state index contributed by atoms with van der Waals surface area (Å²) in [5.74, 6) is -3.22. The number of aromatic nitrogens is 2. The fourth-order valence-corrected chi connectivity index (χ4v) is 3.58. The molecule has 158 valence electrons. The Hall–Kier alpha value is -2.23. The van der Waals surface area contributed by atoms with Gasteiger partial charge in [-0.1, -0.05) is 25.4 Å². The summed E-state index contributed by atoms with van der Waals surface area (Å²) in [6.07, 6.45) is -4.25. The van der Waals surface area contributed by atoms with Crippen molar-refractivity contribution in [2.75, 3.05) is 24.5 Å². The summed E-state index contributed by atoms with van der Waals surface area (Å²) in [6.45, 7) is 2.09. The van der Waals surface area contributed by atoms with Crippen molar-refractivity contribution in [2.24, 2.45) is 5.92 Å². The molecule has 1 aromatic carbocycles. The van der Waals surface area contributed by atoms with Gasteiger partial charge < -0.3 is 9.80 Å². The monoisotopic (exact) mass is 436 g/mol. The fraction of sp³-hybridized carbons (Fsp3) is 0.500. The predicted molar refractivity (Wildman–Crippen MR) is 97.7 cm³/mol. The van der Waals surface area contributed by atoms with E-state index < -0.39 is 42.2 Å². The number of hydrogen-bond acceptors (Lipinski definition) is 4. The van der Waals surface area contributed by atoms with Crippen LogP contribution in [0.1, 0.15) is 20.3 Å². The van der Waals surface area contributed by atoms with Gasteiger partial charge in [0.15, 0.2) is 22.6 Å². The molecule has 1 amide bonds. The normalized spacial score (nSPS) is 17.4. The molecule has 5 nitrogen and oxygen atoms in total. The minimum atomic E-state index is -4.53. The first-order valence-corrected chi connectivity index (χ1v) is 9.28. The first-order chi connectivity index (χ1) is 13.5. The highest BCUT2D eigenvalue weighted by Gasteiger charge is 2.40. The number of amides is 1. The van der Waals surface area contributed by atoms with Crippen LogP contribution in [0.4, 0.5) is 27.8 Å². The summed E-state index contributed by atoms with van der Waals surface area (Å²) in [7, 11) is 0. The molecule has 1 aliphatic rings. The molecular formula is C18H18ClF5N4O. The Balaban J connectivity index is 1.88. The van der Waals surface area contributed by atoms with E-state index in [2.05, 4.69) is 9.97 Å². The molecule has 3 rings (SSSR count). The molecule has 0 unspecified atom stereocenters. The van der Waals surface area contributed by atoms with Crippen molar-refractivity contribution >= 4 is 34.4 Å². The maximum absolute atomic E-state index is 13.5. The van der Waals surface area contributed by atoms with Gasteiger partial charge in [-0.3, -0.25) is 4.79 Å². The fourth-order valence-electron chi connectivity index (χ4n) is 3.32. The number of carbonyl (C=O) groups excluding carboxylic acids is 1. The van der Waals surface area contributed by atoms with E-state index in [1.54, 1.807) is 4.90 Å². The highest BCUT2D eigenvalue weighted by molar-refractivity contribution is 6.32. The lowest BCUT2D eigenvalue weighted by atomic mass is 10.1. The molecule has 0 bridgehead atoms. The smallest absolute Gasteiger partial charge is 0.352 e. The van der Waals surface area contributed by atoms with Gasteiger partial charge in [0, 0.05) is 31.1 Å². The summed E-state index contributed by atoms with van der Waals surface area (Å²) in [5.41, 5.74) is 0.124. The third-order valence-corrected chi connectivity index (χ3v) is 4.93. The number of halogens is 6. The maximum atomic E-state index is 13.5. The van der Waals surface area contributed by atoms with Gasteiger partial charge in [0.1, 0.15) is 6.54 Å². The van der Waals surface area contributed by atoms with E-state index in [0.717, 1.165) is 17.0 Å². The average molecular weight is 437 g/mol. The van der Waals surface area contributed by atoms with Crippen LogP contribution >= 0.6 is 11.6 Å². The van der Waals surface area contributed by atoms with E-state index in [1.165, 1.54) is 13.8 Å². The third-order valence-electron chi connectivity index (χ3n) is 4.68. The Morgan fingerprint density at radius 3 is 2.38 bits per heavy atom. The number of hydrogen-bond donors (Lipinski definition) is 0. The van der Waals surface area contributed by atoms with Crippen LogP contribution < -0.4 is 4.90 Å². The highest BCUT2D eigenvalue weighted by atomic mass is 35.5. The second-order valence-corrected chi connectivity index (χ2v) is 7.58. The first kappa shape index (κ1) is 21.5. The van der Waals surface area contributed by atoms with Crippen LogP contribution in [0.2, 0.25) is 5.15 Å². The van der Waals surface area contributed by atoms with E-state index in [4.69, 9.17) is 11.6 Å². The number of carbonyl (C=O) groups is 1. The van der Waals surface area contributed by atoms with Gasteiger partial charge in [-0.15, -0.1) is 0 Å². The number of fused-ring (bicyclic) bond motifs is 1. The summed E-state index contributed by atoms with van der Waals surface area (Å²) in [6, 6.07) is 1.06. The maximum Gasteiger partial charge on any atom is 0.406 e. The Labute approximate surface area is 168 Å². The molecule has 2 heterocycles. The van der Waals surface area contributed by atoms with Crippen LogP contribution in [0.5, 0.6) is 0 Å². The zero-order valence-electron chi connectivity index (χ0n) is 15.6. The lowest BCUT2D eigenvalue weighted by molar-refractivity contribution is -0.167. The quantitative estimate of drug-likeness (QED) is 0.674. The van der Waals surface area contributed by atoms with E-state index in [-0.39, 0.29) is 41.5 Å². The van der Waals surface area contributed by atoms with Gasteiger partial charge in [0.2, 0.25) is 5.91 Å². The average Bonchev–Trinajstić information content (AvgIpc) is 3.09. The zero-order valence-corrected chi connectivity index (χ0v) is 16.4. The van der Waals surface area contributed by atoms with Crippen LogP contribution in [-0.4, -0.2) is 52.6 Å². The van der Waals surface area contributed by atoms with Crippen LogP contribution in [0.15, 0.2) is 12.1 Å². The number of rotatable bonds is 4. The largest absolute Gasteiger partial charge is 0.406 e. The van der Waals surface area contributed by atoms with E-state index in [9.17, 15) is 26.7 Å². The van der Waals surface area contributed by atoms with Gasteiger partial charge in [-0.2, -0.15) is 13.2 Å². The third kappa shape index (κ3) is 4.68. The minimum Gasteiger partial charge on any atom is -0.352 e. The molecule has 11 heteroatoms. The molecule has 2 aromatic rings. The van der Waals surface area contributed by atoms with Crippen LogP contribution in [0.3, 0.4) is 0 Å². The van der Waals surface area contributed by atoms with Crippen molar-refractivity contribution in [1.82, 2.24) is 14.9 Å². The number of alkyl halides is 3. The second-order valence-electron chi connectivity index (χ2n) is 7.22. The van der Waals surface area contributed by atoms with Crippen LogP contribution in [0, 0.1) is 17.6 Å². The molecule has 0 aliphatic carbocycles. The van der Waals surface area contributed by atoms with Crippen molar-refractivity contribution < 1.29 is 26.7 Å². The molecule has 0 saturated carbocycles. The van der Waals surface area contributed by atoms with E-state index in [1.807, 2.05) is 0 Å². The lowest BCUT2D eigenvalue weighted by Crippen LogP contribution is -2.48. The Morgan fingerprint density at radius 1 is 1.24 bits per heavy atom. The summed E-state index contributed by atoms with van der Waals surface area (Å²) < 4.78 is 65.9. The van der Waals surface area contributed by atoms with Crippen LogP contribution in [0.25, 0.3) is 11.0 Å². The number of benzene rings is 1. The molecule has 0 spiro atoms. The van der Waals surface area contributed by atoms with Crippen LogP contribution in [-0.2, 0) is 4.79 Å². The van der Waals surface area contributed by atoms with Crippen molar-refractivity contribution in [3.05, 3.63) is 28.9 Å². The first-order valence-electron chi connectivity index (χ1n) is 8.90. The number of nitrogens with zero attached hydrogens (tertiary/aromatic N) is 4. The molecule has 1 aliphatic heterocycles. The van der Waals surface area contributed by atoms with Crippen molar-refractivity contribution in [3.8, 4) is 0 Å². The minimum absolute atomic E-state index is 0.0575. The Bertz CT molecular complexity index is 937. The van der Waals surface area contributed by atoms with Gasteiger partial charge >= 0.3 is 6.18 Å². The predicted octanol–water partition coefficient (Wildman–Crippen LogP) is 4.19. The van der Waals surface area contributed by atoms with Crippen molar-refractivity contribution in [2.45, 2.75) is 32.5 Å². The molecule has 1 saturated heterocycles. The van der Waals surface area contributed by atoms with E-state index in [0.29, 0.717) is 0 Å². The van der Waals surface area contributed by atoms with Gasteiger partial charge in [0.05, 0.1) is 17.1 Å². The SMILES string of the molecule is CC(C)C(=O)N(CC(F)(F)F)[C@H]1CCN(c2nc3cc(F)c(F)cc3nc2Cl)C1. The van der Waals surface area contributed by atoms with Crippen molar-refractivity contribution in [3.63, 3.8) is 0 Å². The molecule has 0 radical (unpaired) electrons. The number of anilines is 1. The molecule has 1 aromatic heterocycles. The second kappa shape index (κ2) is 7.89. The summed E-state index contributed by atoms with van der Waals surface area (Å²) in [5, 5.41) is -0.0817. The summed E-state index contributed by atoms with van der Waals surface area (Å²) >= 11 is 6.13. The molecule has 1 fully saturated rings. The zero-order chi connectivity index (χ0) is 21.5. The molecule has 29 heavy (non-hydrogen) atoms. The Kier molecular flexibility index (Phi) is 5.84. The van der Waals surface area contributed by atoms with Gasteiger partial charge in [0.25, 0.3) is 0 Å². The van der Waals surface area contributed by atoms with E-state index >= 15 is 0 Å².